The van der Waals surface area contributed by atoms with Crippen molar-refractivity contribution in [3.05, 3.63) is 0 Å². The van der Waals surface area contributed by atoms with Gasteiger partial charge in [0.15, 0.2) is 0 Å². The first kappa shape index (κ1) is 13.8. The Morgan fingerprint density at radius 3 is 2.78 bits per heavy atom. The standard InChI is InChI=1S/C13H25N3O2/c14-12-2-6-16(7-3-12)9-13(17)15-5-1-11-4-8-18-10-11/h11-12H,1-10,14H2,(H,15,17). The molecule has 5 heteroatoms. The summed E-state index contributed by atoms with van der Waals surface area (Å²) in [6.07, 6.45) is 4.19. The summed E-state index contributed by atoms with van der Waals surface area (Å²) in [4.78, 5) is 13.9. The second kappa shape index (κ2) is 7.07. The molecular formula is C13H25N3O2. The maximum Gasteiger partial charge on any atom is 0.234 e. The summed E-state index contributed by atoms with van der Waals surface area (Å²) < 4.78 is 5.31. The van der Waals surface area contributed by atoms with Crippen LogP contribution in [0.2, 0.25) is 0 Å². The molecule has 2 heterocycles. The van der Waals surface area contributed by atoms with E-state index in [-0.39, 0.29) is 5.91 Å². The number of nitrogens with two attached hydrogens (primary N) is 1. The number of nitrogens with zero attached hydrogens (tertiary/aromatic N) is 1. The second-order valence-electron chi connectivity index (χ2n) is 5.48. The van der Waals surface area contributed by atoms with Crippen LogP contribution in [-0.4, -0.2) is 56.2 Å². The number of hydrogen-bond donors (Lipinski definition) is 2. The minimum Gasteiger partial charge on any atom is -0.381 e. The van der Waals surface area contributed by atoms with Gasteiger partial charge in [0.1, 0.15) is 0 Å². The molecule has 18 heavy (non-hydrogen) atoms. The molecule has 3 N–H and O–H groups in total. The molecule has 1 atom stereocenters. The van der Waals surface area contributed by atoms with Crippen LogP contribution >= 0.6 is 0 Å². The molecule has 2 aliphatic rings. The van der Waals surface area contributed by atoms with E-state index in [2.05, 4.69) is 10.2 Å². The SMILES string of the molecule is NC1CCN(CC(=O)NCCC2CCOC2)CC1. The Bertz CT molecular complexity index is 259. The first-order valence-corrected chi connectivity index (χ1v) is 7.06. The Hall–Kier alpha value is -0.650. The van der Waals surface area contributed by atoms with E-state index in [0.29, 0.717) is 18.5 Å². The van der Waals surface area contributed by atoms with Crippen LogP contribution in [0.1, 0.15) is 25.7 Å². The normalized spacial score (nSPS) is 26.4. The first-order valence-electron chi connectivity index (χ1n) is 7.06. The topological polar surface area (TPSA) is 67.6 Å². The fraction of sp³-hybridized carbons (Fsp3) is 0.923. The van der Waals surface area contributed by atoms with Crippen LogP contribution in [0, 0.1) is 5.92 Å². The van der Waals surface area contributed by atoms with E-state index in [4.69, 9.17) is 10.5 Å². The van der Waals surface area contributed by atoms with Crippen molar-refractivity contribution in [3.63, 3.8) is 0 Å². The molecule has 1 unspecified atom stereocenters. The zero-order valence-electron chi connectivity index (χ0n) is 11.1. The predicted molar refractivity (Wildman–Crippen MR) is 70.2 cm³/mol. The lowest BCUT2D eigenvalue weighted by molar-refractivity contribution is -0.122. The van der Waals surface area contributed by atoms with Gasteiger partial charge in [-0.3, -0.25) is 9.69 Å². The molecule has 0 spiro atoms. The average Bonchev–Trinajstić information content (AvgIpc) is 2.85. The van der Waals surface area contributed by atoms with Crippen LogP contribution in [0.3, 0.4) is 0 Å². The third kappa shape index (κ3) is 4.55. The number of carbonyl (C=O) groups excluding carboxylic acids is 1. The highest BCUT2D eigenvalue weighted by molar-refractivity contribution is 5.77. The second-order valence-corrected chi connectivity index (χ2v) is 5.48. The predicted octanol–water partition coefficient (Wildman–Crippen LogP) is -0.0477. The highest BCUT2D eigenvalue weighted by Crippen LogP contribution is 2.15. The fourth-order valence-corrected chi connectivity index (χ4v) is 2.60. The quantitative estimate of drug-likeness (QED) is 0.723. The molecule has 2 rings (SSSR count). The summed E-state index contributed by atoms with van der Waals surface area (Å²) in [5, 5.41) is 3.00. The van der Waals surface area contributed by atoms with Crippen molar-refractivity contribution >= 4 is 5.91 Å². The number of likely N-dealkylation sites (tertiary alicyclic amines) is 1. The minimum atomic E-state index is 0.143. The molecule has 0 aromatic carbocycles. The van der Waals surface area contributed by atoms with E-state index in [1.54, 1.807) is 0 Å². The monoisotopic (exact) mass is 255 g/mol. The van der Waals surface area contributed by atoms with E-state index in [9.17, 15) is 4.79 Å². The molecule has 104 valence electrons. The Balaban J connectivity index is 1.54. The van der Waals surface area contributed by atoms with Crippen molar-refractivity contribution in [2.45, 2.75) is 31.7 Å². The molecule has 2 fully saturated rings. The van der Waals surface area contributed by atoms with Gasteiger partial charge in [-0.25, -0.2) is 0 Å². The lowest BCUT2D eigenvalue weighted by Crippen LogP contribution is -2.44. The number of amides is 1. The van der Waals surface area contributed by atoms with E-state index < -0.39 is 0 Å². The van der Waals surface area contributed by atoms with Crippen molar-refractivity contribution in [2.75, 3.05) is 39.4 Å². The molecule has 2 saturated heterocycles. The number of hydrogen-bond acceptors (Lipinski definition) is 4. The summed E-state index contributed by atoms with van der Waals surface area (Å²) in [5.41, 5.74) is 5.84. The summed E-state index contributed by atoms with van der Waals surface area (Å²) in [7, 11) is 0. The fourth-order valence-electron chi connectivity index (χ4n) is 2.60. The van der Waals surface area contributed by atoms with Crippen LogP contribution in [0.15, 0.2) is 0 Å². The van der Waals surface area contributed by atoms with Crippen LogP contribution in [0.25, 0.3) is 0 Å². The summed E-state index contributed by atoms with van der Waals surface area (Å²) in [6, 6.07) is 0.326. The number of carbonyl (C=O) groups is 1. The van der Waals surface area contributed by atoms with E-state index in [0.717, 1.165) is 58.5 Å². The molecule has 1 amide bonds. The summed E-state index contributed by atoms with van der Waals surface area (Å²) in [6.45, 7) is 4.94. The van der Waals surface area contributed by atoms with Gasteiger partial charge in [0.05, 0.1) is 6.54 Å². The van der Waals surface area contributed by atoms with Crippen molar-refractivity contribution in [2.24, 2.45) is 11.7 Å². The van der Waals surface area contributed by atoms with Crippen molar-refractivity contribution in [1.82, 2.24) is 10.2 Å². The van der Waals surface area contributed by atoms with Crippen LogP contribution in [0.5, 0.6) is 0 Å². The van der Waals surface area contributed by atoms with Gasteiger partial charge < -0.3 is 15.8 Å². The van der Waals surface area contributed by atoms with E-state index in [1.807, 2.05) is 0 Å². The van der Waals surface area contributed by atoms with Gasteiger partial charge in [-0.05, 0) is 31.6 Å². The summed E-state index contributed by atoms with van der Waals surface area (Å²) in [5.74, 6) is 0.780. The Morgan fingerprint density at radius 1 is 1.33 bits per heavy atom. The van der Waals surface area contributed by atoms with Gasteiger partial charge >= 0.3 is 0 Å². The van der Waals surface area contributed by atoms with Crippen LogP contribution in [0.4, 0.5) is 0 Å². The number of ether oxygens (including phenoxy) is 1. The Morgan fingerprint density at radius 2 is 2.11 bits per heavy atom. The maximum absolute atomic E-state index is 11.8. The van der Waals surface area contributed by atoms with Crippen molar-refractivity contribution in [3.8, 4) is 0 Å². The smallest absolute Gasteiger partial charge is 0.234 e. The Kier molecular flexibility index (Phi) is 5.41. The van der Waals surface area contributed by atoms with Gasteiger partial charge in [-0.1, -0.05) is 0 Å². The van der Waals surface area contributed by atoms with E-state index >= 15 is 0 Å². The first-order chi connectivity index (χ1) is 8.74. The van der Waals surface area contributed by atoms with E-state index in [1.165, 1.54) is 0 Å². The van der Waals surface area contributed by atoms with Gasteiger partial charge in [-0.15, -0.1) is 0 Å². The Labute approximate surface area is 109 Å². The largest absolute Gasteiger partial charge is 0.381 e. The number of nitrogens with one attached hydrogen (secondary N) is 1. The van der Waals surface area contributed by atoms with Crippen LogP contribution in [-0.2, 0) is 9.53 Å². The third-order valence-corrected chi connectivity index (χ3v) is 3.90. The number of piperidine rings is 1. The highest BCUT2D eigenvalue weighted by atomic mass is 16.5. The van der Waals surface area contributed by atoms with Gasteiger partial charge in [-0.2, -0.15) is 0 Å². The van der Waals surface area contributed by atoms with Gasteiger partial charge in [0.25, 0.3) is 0 Å². The molecule has 0 saturated carbocycles. The highest BCUT2D eigenvalue weighted by Gasteiger charge is 2.19. The molecule has 0 bridgehead atoms. The average molecular weight is 255 g/mol. The molecule has 5 nitrogen and oxygen atoms in total. The maximum atomic E-state index is 11.8. The van der Waals surface area contributed by atoms with Crippen molar-refractivity contribution < 1.29 is 9.53 Å². The molecule has 0 radical (unpaired) electrons. The van der Waals surface area contributed by atoms with Gasteiger partial charge in [0, 0.05) is 38.9 Å². The zero-order chi connectivity index (χ0) is 12.8. The summed E-state index contributed by atoms with van der Waals surface area (Å²) >= 11 is 0. The molecule has 2 aliphatic heterocycles. The molecule has 0 aromatic rings. The van der Waals surface area contributed by atoms with Crippen molar-refractivity contribution in [1.29, 1.82) is 0 Å². The molecule has 0 aromatic heterocycles. The molecule has 0 aliphatic carbocycles. The number of rotatable bonds is 5. The van der Waals surface area contributed by atoms with Crippen LogP contribution < -0.4 is 11.1 Å². The lowest BCUT2D eigenvalue weighted by Gasteiger charge is -2.29. The third-order valence-electron chi connectivity index (χ3n) is 3.90. The van der Waals surface area contributed by atoms with Gasteiger partial charge in [0.2, 0.25) is 5.91 Å². The zero-order valence-corrected chi connectivity index (χ0v) is 11.1. The lowest BCUT2D eigenvalue weighted by atomic mass is 10.1. The molecular weight excluding hydrogens is 230 g/mol. The minimum absolute atomic E-state index is 0.143.